The van der Waals surface area contributed by atoms with Crippen LogP contribution in [0.4, 0.5) is 14.5 Å². The van der Waals surface area contributed by atoms with Crippen LogP contribution in [-0.2, 0) is 17.9 Å². The number of anilines is 1. The standard InChI is InChI=1S/C22H19F2N3O3S/c1-31-18-5-2-4-17(11-18)26-20(28)13-27-19(6-3-7-21(27)29)22(30)25-12-14-8-15(23)10-16(24)9-14/h2-11H,12-13H2,1H3,(H,25,30)(H,26,28). The summed E-state index contributed by atoms with van der Waals surface area (Å²) in [6.07, 6.45) is 1.91. The molecule has 0 aliphatic heterocycles. The molecule has 9 heteroatoms. The molecule has 31 heavy (non-hydrogen) atoms. The second kappa shape index (κ2) is 10.0. The number of rotatable bonds is 7. The molecule has 6 nitrogen and oxygen atoms in total. The van der Waals surface area contributed by atoms with Gasteiger partial charge in [0.1, 0.15) is 23.9 Å². The zero-order chi connectivity index (χ0) is 22.4. The van der Waals surface area contributed by atoms with Crippen molar-refractivity contribution in [1.82, 2.24) is 9.88 Å². The topological polar surface area (TPSA) is 80.2 Å². The molecule has 2 N–H and O–H groups in total. The van der Waals surface area contributed by atoms with E-state index < -0.39 is 29.0 Å². The Morgan fingerprint density at radius 1 is 1.00 bits per heavy atom. The van der Waals surface area contributed by atoms with E-state index in [0.29, 0.717) is 5.69 Å². The fraction of sp³-hybridized carbons (Fsp3) is 0.136. The van der Waals surface area contributed by atoms with Crippen LogP contribution >= 0.6 is 11.8 Å². The minimum Gasteiger partial charge on any atom is -0.347 e. The lowest BCUT2D eigenvalue weighted by atomic mass is 10.2. The smallest absolute Gasteiger partial charge is 0.268 e. The quantitative estimate of drug-likeness (QED) is 0.549. The van der Waals surface area contributed by atoms with E-state index in [2.05, 4.69) is 10.6 Å². The average molecular weight is 443 g/mol. The van der Waals surface area contributed by atoms with Crippen LogP contribution in [0.25, 0.3) is 0 Å². The highest BCUT2D eigenvalue weighted by Gasteiger charge is 2.15. The number of amides is 2. The van der Waals surface area contributed by atoms with Crippen LogP contribution in [0.2, 0.25) is 0 Å². The van der Waals surface area contributed by atoms with Gasteiger partial charge in [0.15, 0.2) is 0 Å². The summed E-state index contributed by atoms with van der Waals surface area (Å²) in [5.41, 5.74) is 0.219. The number of benzene rings is 2. The maximum Gasteiger partial charge on any atom is 0.268 e. The molecule has 3 rings (SSSR count). The van der Waals surface area contributed by atoms with Crippen LogP contribution in [0.5, 0.6) is 0 Å². The Hall–Kier alpha value is -3.46. The summed E-state index contributed by atoms with van der Waals surface area (Å²) >= 11 is 1.52. The van der Waals surface area contributed by atoms with E-state index >= 15 is 0 Å². The van der Waals surface area contributed by atoms with Crippen molar-refractivity contribution in [2.45, 2.75) is 18.0 Å². The fourth-order valence-electron chi connectivity index (χ4n) is 2.91. The molecule has 0 fully saturated rings. The van der Waals surface area contributed by atoms with E-state index in [1.165, 1.54) is 30.0 Å². The molecule has 0 aliphatic carbocycles. The monoisotopic (exact) mass is 443 g/mol. The lowest BCUT2D eigenvalue weighted by Gasteiger charge is -2.13. The summed E-state index contributed by atoms with van der Waals surface area (Å²) in [7, 11) is 0. The van der Waals surface area contributed by atoms with E-state index in [-0.39, 0.29) is 24.3 Å². The predicted octanol–water partition coefficient (Wildman–Crippen LogP) is 3.42. The first-order chi connectivity index (χ1) is 14.9. The van der Waals surface area contributed by atoms with Crippen LogP contribution in [0.3, 0.4) is 0 Å². The summed E-state index contributed by atoms with van der Waals surface area (Å²) in [4.78, 5) is 38.3. The lowest BCUT2D eigenvalue weighted by Crippen LogP contribution is -2.34. The Bertz CT molecular complexity index is 1160. The van der Waals surface area contributed by atoms with Gasteiger partial charge in [-0.25, -0.2) is 8.78 Å². The molecular weight excluding hydrogens is 424 g/mol. The van der Waals surface area contributed by atoms with Gasteiger partial charge in [0, 0.05) is 29.3 Å². The minimum absolute atomic E-state index is 0.0441. The number of hydrogen-bond donors (Lipinski definition) is 2. The molecule has 160 valence electrons. The van der Waals surface area contributed by atoms with Crippen molar-refractivity contribution in [3.8, 4) is 0 Å². The largest absolute Gasteiger partial charge is 0.347 e. The van der Waals surface area contributed by atoms with Crippen molar-refractivity contribution in [1.29, 1.82) is 0 Å². The van der Waals surface area contributed by atoms with Crippen molar-refractivity contribution in [3.63, 3.8) is 0 Å². The number of hydrogen-bond acceptors (Lipinski definition) is 4. The molecule has 0 radical (unpaired) electrons. The van der Waals surface area contributed by atoms with Gasteiger partial charge >= 0.3 is 0 Å². The molecule has 0 atom stereocenters. The van der Waals surface area contributed by atoms with Gasteiger partial charge < -0.3 is 10.6 Å². The van der Waals surface area contributed by atoms with Crippen molar-refractivity contribution in [2.24, 2.45) is 0 Å². The third-order valence-corrected chi connectivity index (χ3v) is 5.04. The van der Waals surface area contributed by atoms with Gasteiger partial charge in [0.2, 0.25) is 5.91 Å². The number of nitrogens with one attached hydrogen (secondary N) is 2. The van der Waals surface area contributed by atoms with Crippen LogP contribution in [0.1, 0.15) is 16.1 Å². The first kappa shape index (κ1) is 22.2. The minimum atomic E-state index is -0.761. The zero-order valence-electron chi connectivity index (χ0n) is 16.5. The molecular formula is C22H19F2N3O3S. The highest BCUT2D eigenvalue weighted by atomic mass is 32.2. The summed E-state index contributed by atoms with van der Waals surface area (Å²) in [5.74, 6) is -2.65. The van der Waals surface area contributed by atoms with Crippen LogP contribution in [-0.4, -0.2) is 22.6 Å². The van der Waals surface area contributed by atoms with Crippen molar-refractivity contribution in [2.75, 3.05) is 11.6 Å². The molecule has 0 saturated carbocycles. The molecule has 2 amide bonds. The number of pyridine rings is 1. The van der Waals surface area contributed by atoms with E-state index in [9.17, 15) is 23.2 Å². The molecule has 3 aromatic rings. The van der Waals surface area contributed by atoms with Gasteiger partial charge in [-0.15, -0.1) is 11.8 Å². The van der Waals surface area contributed by atoms with Crippen LogP contribution in [0, 0.1) is 11.6 Å². The van der Waals surface area contributed by atoms with E-state index in [0.717, 1.165) is 27.7 Å². The molecule has 2 aromatic carbocycles. The Labute approximate surface area is 181 Å². The SMILES string of the molecule is CSc1cccc(NC(=O)Cn2c(C(=O)NCc3cc(F)cc(F)c3)cccc2=O)c1. The molecule has 0 aliphatic rings. The highest BCUT2D eigenvalue weighted by Crippen LogP contribution is 2.19. The number of nitrogens with zero attached hydrogens (tertiary/aromatic N) is 1. The normalized spacial score (nSPS) is 10.5. The first-order valence-electron chi connectivity index (χ1n) is 9.22. The zero-order valence-corrected chi connectivity index (χ0v) is 17.3. The van der Waals surface area contributed by atoms with Gasteiger partial charge in [-0.1, -0.05) is 12.1 Å². The first-order valence-corrected chi connectivity index (χ1v) is 10.4. The van der Waals surface area contributed by atoms with Crippen molar-refractivity contribution < 1.29 is 18.4 Å². The van der Waals surface area contributed by atoms with Crippen LogP contribution in [0.15, 0.2) is 70.4 Å². The average Bonchev–Trinajstić information content (AvgIpc) is 2.73. The molecule has 1 heterocycles. The Kier molecular flexibility index (Phi) is 7.19. The summed E-state index contributed by atoms with van der Waals surface area (Å²) in [5, 5.41) is 5.21. The predicted molar refractivity (Wildman–Crippen MR) is 115 cm³/mol. The molecule has 0 spiro atoms. The third-order valence-electron chi connectivity index (χ3n) is 4.31. The van der Waals surface area contributed by atoms with Gasteiger partial charge in [-0.3, -0.25) is 19.0 Å². The summed E-state index contributed by atoms with van der Waals surface area (Å²) in [6, 6.07) is 14.2. The maximum atomic E-state index is 13.3. The number of halogens is 2. The molecule has 0 bridgehead atoms. The van der Waals surface area contributed by atoms with Gasteiger partial charge in [0.05, 0.1) is 0 Å². The Balaban J connectivity index is 1.73. The van der Waals surface area contributed by atoms with Gasteiger partial charge in [-0.05, 0) is 48.2 Å². The number of aromatic nitrogens is 1. The Morgan fingerprint density at radius 3 is 2.42 bits per heavy atom. The fourth-order valence-corrected chi connectivity index (χ4v) is 3.37. The number of carbonyl (C=O) groups excluding carboxylic acids is 2. The third kappa shape index (κ3) is 6.02. The van der Waals surface area contributed by atoms with Crippen molar-refractivity contribution in [3.05, 3.63) is 93.9 Å². The van der Waals surface area contributed by atoms with E-state index in [4.69, 9.17) is 0 Å². The highest BCUT2D eigenvalue weighted by molar-refractivity contribution is 7.98. The second-order valence-corrected chi connectivity index (χ2v) is 7.46. The molecule has 0 saturated heterocycles. The Morgan fingerprint density at radius 2 is 1.71 bits per heavy atom. The summed E-state index contributed by atoms with van der Waals surface area (Å²) in [6.45, 7) is -0.523. The lowest BCUT2D eigenvalue weighted by molar-refractivity contribution is -0.116. The van der Waals surface area contributed by atoms with E-state index in [1.54, 1.807) is 18.2 Å². The van der Waals surface area contributed by atoms with Crippen molar-refractivity contribution >= 4 is 29.3 Å². The van der Waals surface area contributed by atoms with Gasteiger partial charge in [-0.2, -0.15) is 0 Å². The number of carbonyl (C=O) groups is 2. The van der Waals surface area contributed by atoms with Gasteiger partial charge in [0.25, 0.3) is 11.5 Å². The number of thioether (sulfide) groups is 1. The maximum absolute atomic E-state index is 13.3. The second-order valence-electron chi connectivity index (χ2n) is 6.58. The summed E-state index contributed by atoms with van der Waals surface area (Å²) < 4.78 is 27.7. The molecule has 1 aromatic heterocycles. The molecule has 0 unspecified atom stereocenters. The van der Waals surface area contributed by atoms with Crippen LogP contribution < -0.4 is 16.2 Å². The van der Waals surface area contributed by atoms with E-state index in [1.807, 2.05) is 12.3 Å².